The number of rotatable bonds is 6. The van der Waals surface area contributed by atoms with E-state index < -0.39 is 20.5 Å². The highest BCUT2D eigenvalue weighted by atomic mass is 32.2. The van der Waals surface area contributed by atoms with Crippen molar-refractivity contribution in [3.05, 3.63) is 35.4 Å². The first kappa shape index (κ1) is 19.4. The first-order valence-electron chi connectivity index (χ1n) is 8.06. The minimum Gasteiger partial charge on any atom is -0.396 e. The first-order chi connectivity index (χ1) is 11.7. The van der Waals surface area contributed by atoms with E-state index in [-0.39, 0.29) is 18.9 Å². The van der Waals surface area contributed by atoms with Crippen molar-refractivity contribution in [2.24, 2.45) is 11.8 Å². The van der Waals surface area contributed by atoms with E-state index in [0.29, 0.717) is 12.3 Å². The maximum atomic E-state index is 11.9. The Bertz CT molecular complexity index is 791. The summed E-state index contributed by atoms with van der Waals surface area (Å²) in [6.45, 7) is 1.49. The van der Waals surface area contributed by atoms with Crippen LogP contribution in [0, 0.1) is 23.7 Å². The number of aliphatic hydroxyl groups is 1. The van der Waals surface area contributed by atoms with Crippen molar-refractivity contribution in [1.82, 2.24) is 5.48 Å². The van der Waals surface area contributed by atoms with Gasteiger partial charge in [0.05, 0.1) is 0 Å². The number of nitrogens with one attached hydrogen (secondary N) is 1. The number of sulfone groups is 1. The van der Waals surface area contributed by atoms with Crippen molar-refractivity contribution in [3.63, 3.8) is 0 Å². The highest BCUT2D eigenvalue weighted by Gasteiger charge is 2.43. The smallest absolute Gasteiger partial charge is 0.264 e. The van der Waals surface area contributed by atoms with Gasteiger partial charge in [0.1, 0.15) is 4.75 Å². The Morgan fingerprint density at radius 2 is 2.00 bits per heavy atom. The molecule has 0 saturated heterocycles. The number of amides is 1. The van der Waals surface area contributed by atoms with Crippen LogP contribution in [0.25, 0.3) is 0 Å². The Morgan fingerprint density at radius 3 is 2.48 bits per heavy atom. The van der Waals surface area contributed by atoms with E-state index >= 15 is 0 Å². The van der Waals surface area contributed by atoms with Crippen LogP contribution in [-0.4, -0.2) is 42.2 Å². The third-order valence-electron chi connectivity index (χ3n) is 4.80. The van der Waals surface area contributed by atoms with E-state index in [0.717, 1.165) is 23.8 Å². The van der Waals surface area contributed by atoms with Crippen molar-refractivity contribution in [2.45, 2.75) is 30.9 Å². The average molecular weight is 365 g/mol. The summed E-state index contributed by atoms with van der Waals surface area (Å²) in [7, 11) is -3.69. The predicted molar refractivity (Wildman–Crippen MR) is 93.5 cm³/mol. The summed E-state index contributed by atoms with van der Waals surface area (Å²) in [5.41, 5.74) is 3.18. The largest absolute Gasteiger partial charge is 0.396 e. The number of aliphatic hydroxyl groups excluding tert-OH is 1. The molecule has 0 aromatic heterocycles. The van der Waals surface area contributed by atoms with Gasteiger partial charge in [0, 0.05) is 24.3 Å². The fourth-order valence-corrected chi connectivity index (χ4v) is 3.38. The molecule has 1 amide bonds. The molecule has 6 nitrogen and oxygen atoms in total. The van der Waals surface area contributed by atoms with Crippen molar-refractivity contribution in [1.29, 1.82) is 0 Å². The van der Waals surface area contributed by atoms with Crippen LogP contribution in [-0.2, 0) is 21.1 Å². The molecule has 1 fully saturated rings. The number of hydrogen-bond acceptors (Lipinski definition) is 5. The fourth-order valence-electron chi connectivity index (χ4n) is 2.53. The van der Waals surface area contributed by atoms with E-state index in [1.807, 2.05) is 24.3 Å². The highest BCUT2D eigenvalue weighted by Crippen LogP contribution is 2.37. The zero-order chi connectivity index (χ0) is 18.7. The van der Waals surface area contributed by atoms with Crippen molar-refractivity contribution < 1.29 is 23.5 Å². The summed E-state index contributed by atoms with van der Waals surface area (Å²) in [5, 5.41) is 17.8. The fraction of sp³-hybridized carbons (Fsp3) is 0.500. The lowest BCUT2D eigenvalue weighted by Gasteiger charge is -2.25. The third-order valence-corrected chi connectivity index (χ3v) is 6.83. The molecule has 1 saturated carbocycles. The Kier molecular flexibility index (Phi) is 5.88. The molecule has 1 aliphatic carbocycles. The van der Waals surface area contributed by atoms with E-state index in [1.54, 1.807) is 0 Å². The van der Waals surface area contributed by atoms with E-state index in [2.05, 4.69) is 11.8 Å². The molecule has 3 atom stereocenters. The third kappa shape index (κ3) is 4.60. The highest BCUT2D eigenvalue weighted by molar-refractivity contribution is 7.92. The van der Waals surface area contributed by atoms with Crippen LogP contribution < -0.4 is 5.48 Å². The monoisotopic (exact) mass is 365 g/mol. The van der Waals surface area contributed by atoms with Crippen LogP contribution in [0.5, 0.6) is 0 Å². The lowest BCUT2D eigenvalue weighted by atomic mass is 9.99. The molecule has 3 N–H and O–H groups in total. The van der Waals surface area contributed by atoms with Gasteiger partial charge in [-0.15, -0.1) is 0 Å². The molecule has 1 unspecified atom stereocenters. The molecule has 0 aliphatic heterocycles. The molecule has 7 heteroatoms. The molecule has 0 heterocycles. The van der Waals surface area contributed by atoms with Crippen LogP contribution in [0.3, 0.4) is 0 Å². The molecule has 25 heavy (non-hydrogen) atoms. The summed E-state index contributed by atoms with van der Waals surface area (Å²) in [5.74, 6) is 5.84. The zero-order valence-corrected chi connectivity index (χ0v) is 15.1. The van der Waals surface area contributed by atoms with Crippen LogP contribution in [0.1, 0.15) is 30.9 Å². The molecular formula is C18H23NO5S. The van der Waals surface area contributed by atoms with Crippen molar-refractivity contribution in [2.75, 3.05) is 12.9 Å². The Morgan fingerprint density at radius 1 is 1.36 bits per heavy atom. The Hall–Kier alpha value is -1.88. The van der Waals surface area contributed by atoms with Crippen LogP contribution in [0.15, 0.2) is 24.3 Å². The second-order valence-corrected chi connectivity index (χ2v) is 9.14. The molecular weight excluding hydrogens is 342 g/mol. The molecule has 0 spiro atoms. The number of hydrogen-bond donors (Lipinski definition) is 3. The number of carbonyl (C=O) groups is 1. The van der Waals surface area contributed by atoms with Crippen LogP contribution >= 0.6 is 0 Å². The maximum Gasteiger partial charge on any atom is 0.264 e. The van der Waals surface area contributed by atoms with Gasteiger partial charge in [-0.25, -0.2) is 13.9 Å². The number of benzene rings is 1. The molecule has 0 radical (unpaired) electrons. The van der Waals surface area contributed by atoms with Gasteiger partial charge in [-0.1, -0.05) is 24.0 Å². The van der Waals surface area contributed by atoms with Crippen molar-refractivity contribution in [3.8, 4) is 11.8 Å². The van der Waals surface area contributed by atoms with E-state index in [9.17, 15) is 13.2 Å². The minimum atomic E-state index is -3.69. The van der Waals surface area contributed by atoms with Gasteiger partial charge in [-0.3, -0.25) is 10.0 Å². The lowest BCUT2D eigenvalue weighted by Crippen LogP contribution is -2.49. The molecule has 1 aromatic carbocycles. The van der Waals surface area contributed by atoms with Gasteiger partial charge < -0.3 is 5.11 Å². The summed E-state index contributed by atoms with van der Waals surface area (Å²) in [6.07, 6.45) is 2.36. The maximum absolute atomic E-state index is 11.9. The van der Waals surface area contributed by atoms with E-state index in [4.69, 9.17) is 10.3 Å². The molecule has 136 valence electrons. The average Bonchev–Trinajstić information content (AvgIpc) is 3.35. The van der Waals surface area contributed by atoms with Crippen molar-refractivity contribution >= 4 is 15.7 Å². The van der Waals surface area contributed by atoms with Gasteiger partial charge in [0.2, 0.25) is 0 Å². The van der Waals surface area contributed by atoms with Gasteiger partial charge in [0.25, 0.3) is 5.91 Å². The van der Waals surface area contributed by atoms with Gasteiger partial charge in [-0.2, -0.15) is 0 Å². The molecule has 2 rings (SSSR count). The number of hydroxylamine groups is 1. The second kappa shape index (κ2) is 7.56. The summed E-state index contributed by atoms with van der Waals surface area (Å²) in [6, 6.07) is 7.39. The van der Waals surface area contributed by atoms with Crippen LogP contribution in [0.4, 0.5) is 0 Å². The lowest BCUT2D eigenvalue weighted by molar-refractivity contribution is -0.131. The molecule has 1 aliphatic rings. The second-order valence-electron chi connectivity index (χ2n) is 6.70. The summed E-state index contributed by atoms with van der Waals surface area (Å²) in [4.78, 5) is 11.8. The van der Waals surface area contributed by atoms with Gasteiger partial charge >= 0.3 is 0 Å². The van der Waals surface area contributed by atoms with E-state index in [1.165, 1.54) is 12.4 Å². The first-order valence-corrected chi connectivity index (χ1v) is 9.96. The minimum absolute atomic E-state index is 0.0590. The Balaban J connectivity index is 2.02. The standard InChI is InChI=1S/C18H23NO5S/c1-18(17(21)19-22,25(2,23)24)10-9-14-5-3-13(4-6-14)7-8-15-11-16(15)12-20/h3-6,15-16,20,22H,9-12H2,1-2H3,(H,19,21)/t15-,16-,18?/m0/s1. The SMILES string of the molecule is CC(CCc1ccc(C#C[C@H]2C[C@H]2CO)cc1)(C(=O)NO)S(C)(=O)=O. The van der Waals surface area contributed by atoms with Gasteiger partial charge in [-0.05, 0) is 49.8 Å². The number of aryl methyl sites for hydroxylation is 1. The quantitative estimate of drug-likeness (QED) is 0.395. The molecule has 0 bridgehead atoms. The summed E-state index contributed by atoms with van der Waals surface area (Å²) < 4.78 is 22.2. The Labute approximate surface area is 148 Å². The number of carbonyl (C=O) groups excluding carboxylic acids is 1. The predicted octanol–water partition coefficient (Wildman–Crippen LogP) is 0.908. The van der Waals surface area contributed by atoms with Crippen LogP contribution in [0.2, 0.25) is 0 Å². The van der Waals surface area contributed by atoms with Gasteiger partial charge in [0.15, 0.2) is 9.84 Å². The normalized spacial score (nSPS) is 21.6. The zero-order valence-electron chi connectivity index (χ0n) is 14.3. The topological polar surface area (TPSA) is 104 Å². The molecule has 1 aromatic rings. The summed E-state index contributed by atoms with van der Waals surface area (Å²) >= 11 is 0.